The predicted octanol–water partition coefficient (Wildman–Crippen LogP) is 1.30. The Morgan fingerprint density at radius 2 is 2.05 bits per heavy atom. The first-order chi connectivity index (χ1) is 9.04. The highest BCUT2D eigenvalue weighted by Crippen LogP contribution is 2.22. The number of hydrogen-bond donors (Lipinski definition) is 1. The normalized spacial score (nSPS) is 17.7. The SMILES string of the molecule is N#Cc1cc(Br)cc(S(=O)(=O)N2CCCNCC2)c1. The van der Waals surface area contributed by atoms with Crippen LogP contribution >= 0.6 is 15.9 Å². The molecule has 1 aromatic carbocycles. The minimum atomic E-state index is -3.53. The lowest BCUT2D eigenvalue weighted by molar-refractivity contribution is 0.432. The fraction of sp³-hybridized carbons (Fsp3) is 0.417. The maximum atomic E-state index is 12.5. The van der Waals surface area contributed by atoms with Gasteiger partial charge in [-0.15, -0.1) is 0 Å². The third kappa shape index (κ3) is 3.34. The van der Waals surface area contributed by atoms with Crippen LogP contribution in [0.1, 0.15) is 12.0 Å². The zero-order valence-electron chi connectivity index (χ0n) is 10.3. The Morgan fingerprint density at radius 3 is 2.79 bits per heavy atom. The van der Waals surface area contributed by atoms with Crippen molar-refractivity contribution in [2.24, 2.45) is 0 Å². The summed E-state index contributed by atoms with van der Waals surface area (Å²) < 4.78 is 27.1. The zero-order chi connectivity index (χ0) is 13.9. The van der Waals surface area contributed by atoms with E-state index in [-0.39, 0.29) is 4.90 Å². The van der Waals surface area contributed by atoms with Gasteiger partial charge in [-0.1, -0.05) is 15.9 Å². The molecule has 1 aromatic rings. The molecule has 1 aliphatic rings. The first-order valence-electron chi connectivity index (χ1n) is 5.95. The molecule has 0 atom stereocenters. The van der Waals surface area contributed by atoms with Crippen molar-refractivity contribution < 1.29 is 8.42 Å². The van der Waals surface area contributed by atoms with E-state index in [2.05, 4.69) is 21.2 Å². The first kappa shape index (κ1) is 14.5. The lowest BCUT2D eigenvalue weighted by atomic mass is 10.2. The van der Waals surface area contributed by atoms with E-state index >= 15 is 0 Å². The van der Waals surface area contributed by atoms with Gasteiger partial charge in [-0.3, -0.25) is 0 Å². The molecule has 102 valence electrons. The minimum Gasteiger partial charge on any atom is -0.315 e. The van der Waals surface area contributed by atoms with Gasteiger partial charge in [0.25, 0.3) is 0 Å². The average molecular weight is 344 g/mol. The summed E-state index contributed by atoms with van der Waals surface area (Å²) in [7, 11) is -3.53. The number of sulfonamides is 1. The highest BCUT2D eigenvalue weighted by Gasteiger charge is 2.25. The lowest BCUT2D eigenvalue weighted by Gasteiger charge is -2.19. The second-order valence-corrected chi connectivity index (χ2v) is 7.15. The Morgan fingerprint density at radius 1 is 1.26 bits per heavy atom. The third-order valence-corrected chi connectivity index (χ3v) is 5.27. The van der Waals surface area contributed by atoms with E-state index < -0.39 is 10.0 Å². The summed E-state index contributed by atoms with van der Waals surface area (Å²) in [5.41, 5.74) is 0.334. The summed E-state index contributed by atoms with van der Waals surface area (Å²) in [5, 5.41) is 12.1. The Labute approximate surface area is 121 Å². The summed E-state index contributed by atoms with van der Waals surface area (Å²) in [6, 6.07) is 6.52. The molecule has 7 heteroatoms. The molecule has 0 radical (unpaired) electrons. The van der Waals surface area contributed by atoms with Crippen LogP contribution in [-0.2, 0) is 10.0 Å². The summed E-state index contributed by atoms with van der Waals surface area (Å²) >= 11 is 3.24. The maximum Gasteiger partial charge on any atom is 0.243 e. The topological polar surface area (TPSA) is 73.2 Å². The summed E-state index contributed by atoms with van der Waals surface area (Å²) in [6.07, 6.45) is 0.790. The number of nitrogens with one attached hydrogen (secondary N) is 1. The minimum absolute atomic E-state index is 0.167. The standard InChI is InChI=1S/C12H14BrN3O2S/c13-11-6-10(9-14)7-12(8-11)19(17,18)16-4-1-2-15-3-5-16/h6-8,15H,1-5H2. The molecule has 0 bridgehead atoms. The molecule has 1 N–H and O–H groups in total. The largest absolute Gasteiger partial charge is 0.315 e. The maximum absolute atomic E-state index is 12.5. The molecule has 5 nitrogen and oxygen atoms in total. The van der Waals surface area contributed by atoms with Crippen molar-refractivity contribution in [2.75, 3.05) is 26.2 Å². The van der Waals surface area contributed by atoms with Crippen molar-refractivity contribution in [2.45, 2.75) is 11.3 Å². The van der Waals surface area contributed by atoms with Gasteiger partial charge >= 0.3 is 0 Å². The summed E-state index contributed by atoms with van der Waals surface area (Å²) in [4.78, 5) is 0.167. The van der Waals surface area contributed by atoms with Crippen molar-refractivity contribution in [1.82, 2.24) is 9.62 Å². The molecule has 1 heterocycles. The van der Waals surface area contributed by atoms with Crippen LogP contribution in [-0.4, -0.2) is 38.9 Å². The van der Waals surface area contributed by atoms with E-state index in [1.165, 1.54) is 16.4 Å². The van der Waals surface area contributed by atoms with Gasteiger partial charge in [-0.25, -0.2) is 8.42 Å². The molecule has 19 heavy (non-hydrogen) atoms. The van der Waals surface area contributed by atoms with Crippen LogP contribution in [0.4, 0.5) is 0 Å². The van der Waals surface area contributed by atoms with E-state index in [0.717, 1.165) is 13.0 Å². The van der Waals surface area contributed by atoms with Gasteiger partial charge in [0.15, 0.2) is 0 Å². The van der Waals surface area contributed by atoms with Gasteiger partial charge in [0, 0.05) is 24.1 Å². The summed E-state index contributed by atoms with van der Waals surface area (Å²) in [5.74, 6) is 0. The monoisotopic (exact) mass is 343 g/mol. The molecule has 1 aliphatic heterocycles. The van der Waals surface area contributed by atoms with Crippen molar-refractivity contribution in [1.29, 1.82) is 5.26 Å². The molecule has 0 aromatic heterocycles. The molecule has 0 saturated carbocycles. The van der Waals surface area contributed by atoms with Crippen LogP contribution < -0.4 is 5.32 Å². The Hall–Kier alpha value is -0.940. The lowest BCUT2D eigenvalue weighted by Crippen LogP contribution is -2.34. The smallest absolute Gasteiger partial charge is 0.243 e. The van der Waals surface area contributed by atoms with Crippen LogP contribution in [0.25, 0.3) is 0 Å². The predicted molar refractivity (Wildman–Crippen MR) is 75.1 cm³/mol. The number of hydrogen-bond acceptors (Lipinski definition) is 4. The molecule has 0 amide bonds. The second kappa shape index (κ2) is 6.01. The van der Waals surface area contributed by atoms with Crippen molar-refractivity contribution in [3.63, 3.8) is 0 Å². The van der Waals surface area contributed by atoms with Gasteiger partial charge < -0.3 is 5.32 Å². The van der Waals surface area contributed by atoms with Gasteiger partial charge in [-0.2, -0.15) is 9.57 Å². The highest BCUT2D eigenvalue weighted by atomic mass is 79.9. The molecule has 0 spiro atoms. The van der Waals surface area contributed by atoms with Crippen LogP contribution in [0.5, 0.6) is 0 Å². The third-order valence-electron chi connectivity index (χ3n) is 2.94. The van der Waals surface area contributed by atoms with Crippen LogP contribution in [0.3, 0.4) is 0 Å². The molecule has 1 saturated heterocycles. The molecular weight excluding hydrogens is 330 g/mol. The quantitative estimate of drug-likeness (QED) is 0.878. The van der Waals surface area contributed by atoms with Gasteiger partial charge in [0.2, 0.25) is 10.0 Å². The average Bonchev–Trinajstić information content (AvgIpc) is 2.67. The number of rotatable bonds is 2. The highest BCUT2D eigenvalue weighted by molar-refractivity contribution is 9.10. The Kier molecular flexibility index (Phi) is 4.58. The number of benzene rings is 1. The fourth-order valence-electron chi connectivity index (χ4n) is 1.99. The number of halogens is 1. The van der Waals surface area contributed by atoms with E-state index in [4.69, 9.17) is 5.26 Å². The molecular formula is C12H14BrN3O2S. The number of nitrogens with zero attached hydrogens (tertiary/aromatic N) is 2. The zero-order valence-corrected chi connectivity index (χ0v) is 12.7. The molecule has 1 fully saturated rings. The van der Waals surface area contributed by atoms with Crippen molar-refractivity contribution in [3.05, 3.63) is 28.2 Å². The number of nitriles is 1. The first-order valence-corrected chi connectivity index (χ1v) is 8.19. The van der Waals surface area contributed by atoms with E-state index in [1.54, 1.807) is 6.07 Å². The second-order valence-electron chi connectivity index (χ2n) is 4.30. The summed E-state index contributed by atoms with van der Waals surface area (Å²) in [6.45, 7) is 2.44. The fourth-order valence-corrected chi connectivity index (χ4v) is 4.18. The Bertz CT molecular complexity index is 602. The van der Waals surface area contributed by atoms with Gasteiger partial charge in [0.05, 0.1) is 16.5 Å². The van der Waals surface area contributed by atoms with Crippen LogP contribution in [0.15, 0.2) is 27.6 Å². The van der Waals surface area contributed by atoms with E-state index in [0.29, 0.717) is 29.7 Å². The molecule has 2 rings (SSSR count). The van der Waals surface area contributed by atoms with E-state index in [9.17, 15) is 8.42 Å². The van der Waals surface area contributed by atoms with Crippen molar-refractivity contribution >= 4 is 26.0 Å². The van der Waals surface area contributed by atoms with Gasteiger partial charge in [-0.05, 0) is 31.2 Å². The van der Waals surface area contributed by atoms with Crippen LogP contribution in [0.2, 0.25) is 0 Å². The molecule has 0 unspecified atom stereocenters. The van der Waals surface area contributed by atoms with Gasteiger partial charge in [0.1, 0.15) is 0 Å². The molecule has 0 aliphatic carbocycles. The van der Waals surface area contributed by atoms with Crippen LogP contribution in [0, 0.1) is 11.3 Å². The van der Waals surface area contributed by atoms with E-state index in [1.807, 2.05) is 6.07 Å². The Balaban J connectivity index is 2.38. The van der Waals surface area contributed by atoms with Crippen molar-refractivity contribution in [3.8, 4) is 6.07 Å².